The molecule has 0 saturated heterocycles. The van der Waals surface area contributed by atoms with Crippen molar-refractivity contribution in [1.29, 1.82) is 0 Å². The highest BCUT2D eigenvalue weighted by atomic mass is 16.6. The summed E-state index contributed by atoms with van der Waals surface area (Å²) < 4.78 is 16.0. The largest absolute Gasteiger partial charge is 0.479 e. The number of carbonyl (C=O) groups is 2. The Bertz CT molecular complexity index is 1110. The third-order valence-electron chi connectivity index (χ3n) is 4.80. The van der Waals surface area contributed by atoms with Gasteiger partial charge in [0.05, 0.1) is 12.7 Å². The van der Waals surface area contributed by atoms with Crippen LogP contribution in [0, 0.1) is 0 Å². The monoisotopic (exact) mass is 400 g/mol. The van der Waals surface area contributed by atoms with Crippen LogP contribution in [0.1, 0.15) is 22.8 Å². The highest BCUT2D eigenvalue weighted by molar-refractivity contribution is 6.14. The van der Waals surface area contributed by atoms with Crippen molar-refractivity contribution in [2.24, 2.45) is 0 Å². The first-order chi connectivity index (χ1) is 14.5. The first kappa shape index (κ1) is 19.5. The summed E-state index contributed by atoms with van der Waals surface area (Å²) in [7, 11) is 1.30. The average Bonchev–Trinajstić information content (AvgIpc) is 3.08. The summed E-state index contributed by atoms with van der Waals surface area (Å²) >= 11 is 0. The summed E-state index contributed by atoms with van der Waals surface area (Å²) in [5.74, 6) is 0.405. The first-order valence-electron chi connectivity index (χ1n) is 9.53. The third kappa shape index (κ3) is 3.96. The maximum atomic E-state index is 12.7. The Hall–Kier alpha value is -3.86. The molecule has 1 aliphatic heterocycles. The number of hydrogen-bond donors (Lipinski definition) is 0. The second-order valence-electron chi connectivity index (χ2n) is 6.87. The fourth-order valence-corrected chi connectivity index (χ4v) is 3.21. The van der Waals surface area contributed by atoms with Crippen LogP contribution in [0.2, 0.25) is 0 Å². The molecule has 1 heterocycles. The molecule has 1 aliphatic rings. The van der Waals surface area contributed by atoms with Gasteiger partial charge < -0.3 is 14.2 Å². The molecule has 5 heteroatoms. The molecular weight excluding hydrogens is 380 g/mol. The van der Waals surface area contributed by atoms with Crippen LogP contribution in [0.4, 0.5) is 0 Å². The molecule has 0 aromatic heterocycles. The van der Waals surface area contributed by atoms with Gasteiger partial charge in [0.1, 0.15) is 11.5 Å². The highest BCUT2D eigenvalue weighted by Crippen LogP contribution is 2.35. The smallest absolute Gasteiger partial charge is 0.346 e. The van der Waals surface area contributed by atoms with Crippen LogP contribution >= 0.6 is 0 Å². The number of Topliss-reactive ketones (excluding diaryl/α,β-unsaturated/α-hetero) is 1. The van der Waals surface area contributed by atoms with Crippen LogP contribution in [0.3, 0.4) is 0 Å². The number of allylic oxidation sites excluding steroid dienone is 1. The van der Waals surface area contributed by atoms with Gasteiger partial charge in [-0.2, -0.15) is 0 Å². The van der Waals surface area contributed by atoms with E-state index in [1.165, 1.54) is 7.11 Å². The predicted octanol–water partition coefficient (Wildman–Crippen LogP) is 4.91. The van der Waals surface area contributed by atoms with Gasteiger partial charge in [-0.3, -0.25) is 4.79 Å². The number of fused-ring (bicyclic) bond motifs is 1. The molecule has 30 heavy (non-hydrogen) atoms. The van der Waals surface area contributed by atoms with Crippen molar-refractivity contribution in [1.82, 2.24) is 0 Å². The Morgan fingerprint density at radius 1 is 0.967 bits per heavy atom. The van der Waals surface area contributed by atoms with Crippen molar-refractivity contribution in [3.63, 3.8) is 0 Å². The van der Waals surface area contributed by atoms with E-state index in [1.807, 2.05) is 42.5 Å². The summed E-state index contributed by atoms with van der Waals surface area (Å²) in [5, 5.41) is 0. The fraction of sp³-hybridized carbons (Fsp3) is 0.120. The maximum Gasteiger partial charge on any atom is 0.346 e. The number of methoxy groups -OCH3 is 1. The number of esters is 1. The zero-order chi connectivity index (χ0) is 21.1. The summed E-state index contributed by atoms with van der Waals surface area (Å²) in [4.78, 5) is 24.2. The third-order valence-corrected chi connectivity index (χ3v) is 4.80. The summed E-state index contributed by atoms with van der Waals surface area (Å²) in [5.41, 5.74) is 3.55. The Balaban J connectivity index is 1.52. The molecule has 0 fully saturated rings. The van der Waals surface area contributed by atoms with Crippen LogP contribution in [0.15, 0.2) is 78.6 Å². The first-order valence-corrected chi connectivity index (χ1v) is 9.53. The Morgan fingerprint density at radius 3 is 2.37 bits per heavy atom. The van der Waals surface area contributed by atoms with E-state index in [-0.39, 0.29) is 11.5 Å². The standard InChI is InChI=1S/C25H20O5/c1-16(25(27)28-2)29-20-12-13-21-22(15-20)30-23(24(21)26)14-17-8-10-19(11-9-17)18-6-4-3-5-7-18/h3-16H,1-2H3/b23-14+/t16-/m0/s1. The molecule has 3 aromatic carbocycles. The molecule has 5 nitrogen and oxygen atoms in total. The van der Waals surface area contributed by atoms with Crippen molar-refractivity contribution in [2.45, 2.75) is 13.0 Å². The van der Waals surface area contributed by atoms with Crippen LogP contribution in [-0.2, 0) is 9.53 Å². The Kier molecular flexibility index (Phi) is 5.35. The van der Waals surface area contributed by atoms with Crippen LogP contribution in [-0.4, -0.2) is 25.0 Å². The van der Waals surface area contributed by atoms with Crippen LogP contribution < -0.4 is 9.47 Å². The minimum atomic E-state index is -0.761. The van der Waals surface area contributed by atoms with E-state index in [4.69, 9.17) is 9.47 Å². The molecule has 1 atom stereocenters. The normalized spacial score (nSPS) is 14.7. The predicted molar refractivity (Wildman–Crippen MR) is 113 cm³/mol. The molecule has 4 rings (SSSR count). The molecule has 0 unspecified atom stereocenters. The van der Waals surface area contributed by atoms with E-state index in [2.05, 4.69) is 16.9 Å². The fourth-order valence-electron chi connectivity index (χ4n) is 3.21. The minimum Gasteiger partial charge on any atom is -0.479 e. The van der Waals surface area contributed by atoms with E-state index in [1.54, 1.807) is 31.2 Å². The average molecular weight is 400 g/mol. The van der Waals surface area contributed by atoms with Crippen LogP contribution in [0.5, 0.6) is 11.5 Å². The second-order valence-corrected chi connectivity index (χ2v) is 6.87. The van der Waals surface area contributed by atoms with Gasteiger partial charge in [-0.05, 0) is 41.8 Å². The van der Waals surface area contributed by atoms with E-state index in [0.717, 1.165) is 16.7 Å². The number of benzene rings is 3. The van der Waals surface area contributed by atoms with Gasteiger partial charge >= 0.3 is 5.97 Å². The van der Waals surface area contributed by atoms with Crippen molar-refractivity contribution in [2.75, 3.05) is 7.11 Å². The molecule has 0 saturated carbocycles. The lowest BCUT2D eigenvalue weighted by atomic mass is 10.0. The highest BCUT2D eigenvalue weighted by Gasteiger charge is 2.28. The van der Waals surface area contributed by atoms with Gasteiger partial charge in [-0.15, -0.1) is 0 Å². The number of rotatable bonds is 5. The van der Waals surface area contributed by atoms with Crippen molar-refractivity contribution in [3.05, 3.63) is 89.7 Å². The van der Waals surface area contributed by atoms with Gasteiger partial charge in [0.2, 0.25) is 5.78 Å². The van der Waals surface area contributed by atoms with E-state index in [0.29, 0.717) is 17.1 Å². The molecule has 0 amide bonds. The van der Waals surface area contributed by atoms with Crippen molar-refractivity contribution in [3.8, 4) is 22.6 Å². The lowest BCUT2D eigenvalue weighted by Crippen LogP contribution is -2.24. The number of ketones is 1. The molecular formula is C25H20O5. The molecule has 150 valence electrons. The summed E-state index contributed by atoms with van der Waals surface area (Å²) in [6.45, 7) is 1.59. The van der Waals surface area contributed by atoms with E-state index >= 15 is 0 Å². The van der Waals surface area contributed by atoms with Gasteiger partial charge in [0.25, 0.3) is 0 Å². The minimum absolute atomic E-state index is 0.190. The zero-order valence-corrected chi connectivity index (χ0v) is 16.6. The van der Waals surface area contributed by atoms with Gasteiger partial charge in [0.15, 0.2) is 11.9 Å². The Labute approximate surface area is 174 Å². The van der Waals surface area contributed by atoms with Crippen molar-refractivity contribution >= 4 is 17.8 Å². The Morgan fingerprint density at radius 2 is 1.67 bits per heavy atom. The molecule has 0 N–H and O–H groups in total. The topological polar surface area (TPSA) is 61.8 Å². The summed E-state index contributed by atoms with van der Waals surface area (Å²) in [6.07, 6.45) is 0.956. The van der Waals surface area contributed by atoms with Crippen molar-refractivity contribution < 1.29 is 23.8 Å². The second kappa shape index (κ2) is 8.25. The number of hydrogen-bond acceptors (Lipinski definition) is 5. The van der Waals surface area contributed by atoms with Crippen LogP contribution in [0.25, 0.3) is 17.2 Å². The van der Waals surface area contributed by atoms with E-state index < -0.39 is 12.1 Å². The maximum absolute atomic E-state index is 12.7. The van der Waals surface area contributed by atoms with Gasteiger partial charge in [-0.25, -0.2) is 4.79 Å². The number of carbonyl (C=O) groups excluding carboxylic acids is 2. The zero-order valence-electron chi connectivity index (χ0n) is 16.6. The van der Waals surface area contributed by atoms with Gasteiger partial charge in [-0.1, -0.05) is 54.6 Å². The molecule has 0 bridgehead atoms. The number of ether oxygens (including phenoxy) is 3. The lowest BCUT2D eigenvalue weighted by Gasteiger charge is -2.12. The quantitative estimate of drug-likeness (QED) is 0.450. The SMILES string of the molecule is COC(=O)[C@H](C)Oc1ccc2c(c1)O/C(=C/c1ccc(-c3ccccc3)cc1)C2=O. The van der Waals surface area contributed by atoms with Gasteiger partial charge in [0, 0.05) is 6.07 Å². The lowest BCUT2D eigenvalue weighted by molar-refractivity contribution is -0.147. The molecule has 0 aliphatic carbocycles. The molecule has 0 radical (unpaired) electrons. The van der Waals surface area contributed by atoms with E-state index in [9.17, 15) is 9.59 Å². The molecule has 3 aromatic rings. The summed E-state index contributed by atoms with van der Waals surface area (Å²) in [6, 6.07) is 22.9. The molecule has 0 spiro atoms.